The summed E-state index contributed by atoms with van der Waals surface area (Å²) in [6, 6.07) is 6.18. The average molecular weight is 373 g/mol. The van der Waals surface area contributed by atoms with Crippen molar-refractivity contribution in [1.29, 1.82) is 0 Å². The number of hydrogen-bond donors (Lipinski definition) is 2. The van der Waals surface area contributed by atoms with Crippen LogP contribution in [0.25, 0.3) is 0 Å². The number of carbonyl (C=O) groups excluding carboxylic acids is 2. The second-order valence-corrected chi connectivity index (χ2v) is 5.93. The standard InChI is InChI=1S/C19H23N3O5/c1-11(2)21-18(23)12-6-7-20-14(8-12)19(24)22-13-9-15(25-3)17(27-5)16(10-13)26-4/h6-11H,1-5H3,(H,21,23)(H,22,24). The van der Waals surface area contributed by atoms with Crippen molar-refractivity contribution < 1.29 is 23.8 Å². The number of ether oxygens (including phenoxy) is 3. The molecule has 2 aromatic rings. The van der Waals surface area contributed by atoms with E-state index in [9.17, 15) is 9.59 Å². The van der Waals surface area contributed by atoms with Crippen LogP contribution in [0.5, 0.6) is 17.2 Å². The molecular weight excluding hydrogens is 350 g/mol. The predicted octanol–water partition coefficient (Wildman–Crippen LogP) is 2.50. The van der Waals surface area contributed by atoms with E-state index in [1.165, 1.54) is 33.6 Å². The zero-order valence-corrected chi connectivity index (χ0v) is 16.0. The summed E-state index contributed by atoms with van der Waals surface area (Å²) >= 11 is 0. The van der Waals surface area contributed by atoms with E-state index in [-0.39, 0.29) is 17.6 Å². The number of aromatic nitrogens is 1. The van der Waals surface area contributed by atoms with E-state index in [4.69, 9.17) is 14.2 Å². The minimum Gasteiger partial charge on any atom is -0.493 e. The Bertz CT molecular complexity index is 811. The molecule has 0 saturated heterocycles. The average Bonchev–Trinajstić information content (AvgIpc) is 2.66. The molecule has 0 atom stereocenters. The first-order valence-corrected chi connectivity index (χ1v) is 8.27. The third-order valence-corrected chi connectivity index (χ3v) is 3.60. The molecule has 0 spiro atoms. The molecule has 1 aromatic carbocycles. The Labute approximate surface area is 157 Å². The van der Waals surface area contributed by atoms with Crippen molar-refractivity contribution in [1.82, 2.24) is 10.3 Å². The maximum Gasteiger partial charge on any atom is 0.274 e. The summed E-state index contributed by atoms with van der Waals surface area (Å²) in [5, 5.41) is 5.49. The monoisotopic (exact) mass is 373 g/mol. The summed E-state index contributed by atoms with van der Waals surface area (Å²) in [7, 11) is 4.47. The van der Waals surface area contributed by atoms with Crippen LogP contribution in [0.3, 0.4) is 0 Å². The second-order valence-electron chi connectivity index (χ2n) is 5.93. The Hall–Kier alpha value is -3.29. The van der Waals surface area contributed by atoms with Gasteiger partial charge in [0.15, 0.2) is 11.5 Å². The van der Waals surface area contributed by atoms with Crippen LogP contribution in [0.1, 0.15) is 34.7 Å². The number of nitrogens with zero attached hydrogens (tertiary/aromatic N) is 1. The van der Waals surface area contributed by atoms with Crippen LogP contribution in [0, 0.1) is 0 Å². The molecule has 8 nitrogen and oxygen atoms in total. The summed E-state index contributed by atoms with van der Waals surface area (Å²) in [6.45, 7) is 3.72. The van der Waals surface area contributed by atoms with E-state index >= 15 is 0 Å². The third kappa shape index (κ3) is 4.87. The van der Waals surface area contributed by atoms with Crippen LogP contribution < -0.4 is 24.8 Å². The van der Waals surface area contributed by atoms with Crippen molar-refractivity contribution in [3.63, 3.8) is 0 Å². The second kappa shape index (κ2) is 8.88. The molecule has 0 bridgehead atoms. The third-order valence-electron chi connectivity index (χ3n) is 3.60. The highest BCUT2D eigenvalue weighted by Gasteiger charge is 2.17. The normalized spacial score (nSPS) is 10.3. The summed E-state index contributed by atoms with van der Waals surface area (Å²) in [5.74, 6) is 0.497. The van der Waals surface area contributed by atoms with Crippen molar-refractivity contribution in [3.8, 4) is 17.2 Å². The van der Waals surface area contributed by atoms with Gasteiger partial charge in [-0.1, -0.05) is 0 Å². The van der Waals surface area contributed by atoms with Gasteiger partial charge in [0.1, 0.15) is 5.69 Å². The molecule has 8 heteroatoms. The van der Waals surface area contributed by atoms with Crippen LogP contribution >= 0.6 is 0 Å². The van der Waals surface area contributed by atoms with E-state index in [2.05, 4.69) is 15.6 Å². The Kier molecular flexibility index (Phi) is 6.59. The molecule has 144 valence electrons. The van der Waals surface area contributed by atoms with Gasteiger partial charge in [-0.3, -0.25) is 14.6 Å². The maximum absolute atomic E-state index is 12.5. The highest BCUT2D eigenvalue weighted by molar-refractivity contribution is 6.05. The lowest BCUT2D eigenvalue weighted by molar-refractivity contribution is 0.0943. The topological polar surface area (TPSA) is 98.8 Å². The van der Waals surface area contributed by atoms with E-state index in [0.29, 0.717) is 28.5 Å². The van der Waals surface area contributed by atoms with Crippen molar-refractivity contribution >= 4 is 17.5 Å². The lowest BCUT2D eigenvalue weighted by atomic mass is 10.2. The number of rotatable bonds is 7. The first-order chi connectivity index (χ1) is 12.9. The Morgan fingerprint density at radius 1 is 0.963 bits per heavy atom. The summed E-state index contributed by atoms with van der Waals surface area (Å²) in [5.41, 5.74) is 0.905. The van der Waals surface area contributed by atoms with Gasteiger partial charge in [0.25, 0.3) is 11.8 Å². The van der Waals surface area contributed by atoms with E-state index in [1.54, 1.807) is 18.2 Å². The number of anilines is 1. The van der Waals surface area contributed by atoms with E-state index in [1.807, 2.05) is 13.8 Å². The molecule has 1 heterocycles. The number of methoxy groups -OCH3 is 3. The van der Waals surface area contributed by atoms with Gasteiger partial charge in [-0.05, 0) is 26.0 Å². The number of amides is 2. The molecule has 0 fully saturated rings. The highest BCUT2D eigenvalue weighted by atomic mass is 16.5. The van der Waals surface area contributed by atoms with Crippen LogP contribution in [0.15, 0.2) is 30.5 Å². The van der Waals surface area contributed by atoms with Crippen LogP contribution in [0.4, 0.5) is 5.69 Å². The number of pyridine rings is 1. The first kappa shape index (κ1) is 20.0. The fraction of sp³-hybridized carbons (Fsp3) is 0.316. The summed E-state index contributed by atoms with van der Waals surface area (Å²) < 4.78 is 15.8. The number of benzene rings is 1. The molecule has 1 aromatic heterocycles. The zero-order chi connectivity index (χ0) is 20.0. The fourth-order valence-electron chi connectivity index (χ4n) is 2.39. The predicted molar refractivity (Wildman–Crippen MR) is 101 cm³/mol. The smallest absolute Gasteiger partial charge is 0.274 e. The molecule has 0 saturated carbocycles. The van der Waals surface area contributed by atoms with Gasteiger partial charge >= 0.3 is 0 Å². The highest BCUT2D eigenvalue weighted by Crippen LogP contribution is 2.39. The van der Waals surface area contributed by atoms with Gasteiger partial charge in [0.2, 0.25) is 5.75 Å². The summed E-state index contributed by atoms with van der Waals surface area (Å²) in [4.78, 5) is 28.7. The minimum absolute atomic E-state index is 0.0119. The van der Waals surface area contributed by atoms with E-state index < -0.39 is 5.91 Å². The molecule has 0 aliphatic carbocycles. The van der Waals surface area contributed by atoms with Crippen LogP contribution in [0.2, 0.25) is 0 Å². The van der Waals surface area contributed by atoms with Gasteiger partial charge in [-0.25, -0.2) is 0 Å². The van der Waals surface area contributed by atoms with Crippen molar-refractivity contribution in [2.75, 3.05) is 26.6 Å². The molecule has 2 amide bonds. The molecule has 0 aliphatic heterocycles. The van der Waals surface area contributed by atoms with E-state index in [0.717, 1.165) is 0 Å². The van der Waals surface area contributed by atoms with Crippen LogP contribution in [-0.4, -0.2) is 44.2 Å². The largest absolute Gasteiger partial charge is 0.493 e. The van der Waals surface area contributed by atoms with Crippen molar-refractivity contribution in [2.24, 2.45) is 0 Å². The van der Waals surface area contributed by atoms with Gasteiger partial charge in [0, 0.05) is 35.6 Å². The van der Waals surface area contributed by atoms with Gasteiger partial charge in [0.05, 0.1) is 21.3 Å². The first-order valence-electron chi connectivity index (χ1n) is 8.27. The Morgan fingerprint density at radius 2 is 1.59 bits per heavy atom. The van der Waals surface area contributed by atoms with Gasteiger partial charge in [-0.2, -0.15) is 0 Å². The van der Waals surface area contributed by atoms with Crippen LogP contribution in [-0.2, 0) is 0 Å². The van der Waals surface area contributed by atoms with Gasteiger partial charge in [-0.15, -0.1) is 0 Å². The Morgan fingerprint density at radius 3 is 2.11 bits per heavy atom. The van der Waals surface area contributed by atoms with Crippen molar-refractivity contribution in [2.45, 2.75) is 19.9 Å². The minimum atomic E-state index is -0.469. The molecule has 2 N–H and O–H groups in total. The number of hydrogen-bond acceptors (Lipinski definition) is 6. The number of nitrogens with one attached hydrogen (secondary N) is 2. The molecule has 0 radical (unpaired) electrons. The molecule has 27 heavy (non-hydrogen) atoms. The lowest BCUT2D eigenvalue weighted by Crippen LogP contribution is -2.30. The Balaban J connectivity index is 2.26. The van der Waals surface area contributed by atoms with Crippen molar-refractivity contribution in [3.05, 3.63) is 41.7 Å². The molecule has 2 rings (SSSR count). The maximum atomic E-state index is 12.5. The number of carbonyl (C=O) groups is 2. The lowest BCUT2D eigenvalue weighted by Gasteiger charge is -2.14. The zero-order valence-electron chi connectivity index (χ0n) is 16.0. The summed E-state index contributed by atoms with van der Waals surface area (Å²) in [6.07, 6.45) is 1.42. The SMILES string of the molecule is COc1cc(NC(=O)c2cc(C(=O)NC(C)C)ccn2)cc(OC)c1OC. The van der Waals surface area contributed by atoms with Gasteiger partial charge < -0.3 is 24.8 Å². The molecule has 0 unspecified atom stereocenters. The quantitative estimate of drug-likeness (QED) is 0.774. The fourth-order valence-corrected chi connectivity index (χ4v) is 2.39. The molecular formula is C19H23N3O5. The molecule has 0 aliphatic rings.